The average Bonchev–Trinajstić information content (AvgIpc) is 3.29. The van der Waals surface area contributed by atoms with Crippen LogP contribution in [0.3, 0.4) is 0 Å². The molecule has 0 saturated heterocycles. The van der Waals surface area contributed by atoms with E-state index in [1.807, 2.05) is 0 Å². The Hall–Kier alpha value is -5.22. The highest BCUT2D eigenvalue weighted by molar-refractivity contribution is 5.87. The second-order valence-corrected chi connectivity index (χ2v) is 17.1. The summed E-state index contributed by atoms with van der Waals surface area (Å²) in [4.78, 5) is 119. The number of ether oxygens (including phenoxy) is 2. The zero-order valence-corrected chi connectivity index (χ0v) is 40.9. The molecule has 0 aromatic rings. The van der Waals surface area contributed by atoms with Crippen molar-refractivity contribution >= 4 is 59.2 Å². The van der Waals surface area contributed by atoms with Crippen LogP contribution in [0, 0.1) is 0 Å². The normalized spacial score (nSPS) is 12.7. The molecule has 0 aromatic carbocycles. The monoisotopic (exact) mass is 995 g/mol. The van der Waals surface area contributed by atoms with E-state index in [2.05, 4.69) is 31.9 Å². The first-order valence-electron chi connectivity index (χ1n) is 24.6. The first-order chi connectivity index (χ1) is 33.0. The number of hydrogen-bond acceptors (Lipinski definition) is 13. The SMILES string of the molecule is CN[C@@H](CCCCNC(=O)CC[C@H](NC(=O)CC[C@H](NC(=O)COCCOCCNC(=O)CC[C@H](NC(=O)CCCCCCCCCCCCCCCCC(=O)O)C(=O)O)C(=O)O)C(=O)O)C(C)=O.[HH].[HH].[HH].[HH]. The molecule has 10 N–H and O–H groups in total. The highest BCUT2D eigenvalue weighted by atomic mass is 16.5. The Bertz CT molecular complexity index is 1570. The lowest BCUT2D eigenvalue weighted by molar-refractivity contribution is -0.144. The van der Waals surface area contributed by atoms with Gasteiger partial charge >= 0.3 is 23.9 Å². The van der Waals surface area contributed by atoms with Crippen LogP contribution >= 0.6 is 0 Å². The Balaban J connectivity index is -0.00000385. The maximum absolute atomic E-state index is 12.5. The van der Waals surface area contributed by atoms with Crippen LogP contribution in [0.15, 0.2) is 0 Å². The molecule has 0 heterocycles. The molecular weight excluding hydrogens is 905 g/mol. The predicted octanol–water partition coefficient (Wildman–Crippen LogP) is 3.96. The van der Waals surface area contributed by atoms with E-state index in [0.29, 0.717) is 32.2 Å². The van der Waals surface area contributed by atoms with Crippen molar-refractivity contribution in [3.63, 3.8) is 0 Å². The lowest BCUT2D eigenvalue weighted by atomic mass is 10.0. The van der Waals surface area contributed by atoms with Crippen molar-refractivity contribution in [2.75, 3.05) is 46.6 Å². The van der Waals surface area contributed by atoms with E-state index in [0.717, 1.165) is 51.4 Å². The second kappa shape index (κ2) is 41.7. The largest absolute Gasteiger partial charge is 0.481 e. The fourth-order valence-corrected chi connectivity index (χ4v) is 7.13. The molecule has 0 aliphatic rings. The molecule has 0 spiro atoms. The standard InChI is InChI=1S/C47H82N6O16.4H2/c1-34(54)35(48-2)19-17-18-28-49-39(55)25-22-37(46(64)65)52-42(58)27-24-38(47(66)67)53-43(59)33-69-32-31-68-30-29-50-40(56)26-23-36(45(62)63)51-41(57)20-15-13-11-9-7-5-3-4-6-8-10-12-14-16-21-44(60)61;;;;/h35-38,48H,3-33H2,1-2H3,(H,49,55)(H,50,56)(H,51,57)(H,52,58)(H,53,59)(H,60,61)(H,62,63)(H,64,65)(H,66,67);4*1H/t35-,36-,37-,38-;;;;/m0..../s1. The quantitative estimate of drug-likeness (QED) is 0.0386. The second-order valence-electron chi connectivity index (χ2n) is 17.1. The van der Waals surface area contributed by atoms with Crippen molar-refractivity contribution in [2.45, 2.75) is 192 Å². The van der Waals surface area contributed by atoms with Gasteiger partial charge in [0.1, 0.15) is 30.5 Å². The number of carbonyl (C=O) groups excluding carboxylic acids is 6. The summed E-state index contributed by atoms with van der Waals surface area (Å²) in [6.07, 6.45) is 15.6. The number of aliphatic carboxylic acids is 4. The number of Topliss-reactive ketones (excluding diaryl/α,β-unsaturated/α-hetero) is 1. The number of rotatable bonds is 47. The molecule has 0 bridgehead atoms. The molecule has 0 aliphatic carbocycles. The van der Waals surface area contributed by atoms with Gasteiger partial charge in [-0.3, -0.25) is 33.6 Å². The van der Waals surface area contributed by atoms with Gasteiger partial charge in [0.15, 0.2) is 0 Å². The molecule has 69 heavy (non-hydrogen) atoms. The molecule has 5 amide bonds. The Kier molecular flexibility index (Phi) is 38.6. The third kappa shape index (κ3) is 38.3. The summed E-state index contributed by atoms with van der Waals surface area (Å²) in [7, 11) is 1.69. The van der Waals surface area contributed by atoms with Crippen molar-refractivity contribution in [3.8, 4) is 0 Å². The van der Waals surface area contributed by atoms with Gasteiger partial charge in [-0.15, -0.1) is 0 Å². The molecule has 0 radical (unpaired) electrons. The number of hydrogen-bond donors (Lipinski definition) is 10. The van der Waals surface area contributed by atoms with Gasteiger partial charge in [0.05, 0.1) is 25.9 Å². The third-order valence-corrected chi connectivity index (χ3v) is 11.2. The molecule has 0 aromatic heterocycles. The van der Waals surface area contributed by atoms with Crippen molar-refractivity contribution in [1.82, 2.24) is 31.9 Å². The molecule has 22 nitrogen and oxygen atoms in total. The Morgan fingerprint density at radius 1 is 0.406 bits per heavy atom. The molecule has 0 saturated carbocycles. The number of ketones is 1. The maximum Gasteiger partial charge on any atom is 0.326 e. The van der Waals surface area contributed by atoms with Crippen LogP contribution < -0.4 is 31.9 Å². The fraction of sp³-hybridized carbons (Fsp3) is 0.787. The summed E-state index contributed by atoms with van der Waals surface area (Å²) >= 11 is 0. The highest BCUT2D eigenvalue weighted by Gasteiger charge is 2.25. The van der Waals surface area contributed by atoms with Gasteiger partial charge in [0, 0.05) is 50.9 Å². The summed E-state index contributed by atoms with van der Waals surface area (Å²) in [6, 6.07) is -4.35. The summed E-state index contributed by atoms with van der Waals surface area (Å²) in [5, 5.41) is 52.4. The zero-order chi connectivity index (χ0) is 51.7. The van der Waals surface area contributed by atoms with Crippen molar-refractivity contribution in [3.05, 3.63) is 0 Å². The van der Waals surface area contributed by atoms with Gasteiger partial charge in [0.25, 0.3) is 0 Å². The smallest absolute Gasteiger partial charge is 0.326 e. The molecule has 0 aliphatic heterocycles. The molecular formula is C47H90N6O16. The average molecular weight is 995 g/mol. The third-order valence-electron chi connectivity index (χ3n) is 11.2. The summed E-state index contributed by atoms with van der Waals surface area (Å²) in [5.74, 6) is -7.55. The topological polar surface area (TPSA) is 342 Å². The summed E-state index contributed by atoms with van der Waals surface area (Å²) < 4.78 is 10.6. The summed E-state index contributed by atoms with van der Waals surface area (Å²) in [5.41, 5.74) is 0. The number of carboxylic acids is 4. The van der Waals surface area contributed by atoms with Gasteiger partial charge in [0.2, 0.25) is 29.5 Å². The van der Waals surface area contributed by atoms with Crippen molar-refractivity contribution in [1.29, 1.82) is 0 Å². The highest BCUT2D eigenvalue weighted by Crippen LogP contribution is 2.14. The van der Waals surface area contributed by atoms with E-state index in [1.54, 1.807) is 7.05 Å². The van der Waals surface area contributed by atoms with Gasteiger partial charge in [-0.1, -0.05) is 77.0 Å². The van der Waals surface area contributed by atoms with Gasteiger partial charge in [-0.25, -0.2) is 14.4 Å². The van der Waals surface area contributed by atoms with E-state index in [4.69, 9.17) is 14.6 Å². The van der Waals surface area contributed by atoms with E-state index in [1.165, 1.54) is 39.0 Å². The number of nitrogens with one attached hydrogen (secondary N) is 6. The molecule has 0 rings (SSSR count). The number of amides is 5. The molecule has 404 valence electrons. The minimum absolute atomic E-state index is 0. The lowest BCUT2D eigenvalue weighted by Gasteiger charge is -2.17. The predicted molar refractivity (Wildman–Crippen MR) is 261 cm³/mol. The first kappa shape index (κ1) is 63.8. The first-order valence-corrected chi connectivity index (χ1v) is 24.6. The number of carboxylic acid groups (broad SMARTS) is 4. The number of carbonyl (C=O) groups is 10. The van der Waals surface area contributed by atoms with Crippen LogP contribution in [0.1, 0.15) is 173 Å². The summed E-state index contributed by atoms with van der Waals surface area (Å²) in [6.45, 7) is 1.43. The maximum atomic E-state index is 12.5. The minimum Gasteiger partial charge on any atom is -0.481 e. The Morgan fingerprint density at radius 2 is 0.797 bits per heavy atom. The van der Waals surface area contributed by atoms with Crippen molar-refractivity contribution in [2.24, 2.45) is 0 Å². The molecule has 22 heteroatoms. The van der Waals surface area contributed by atoms with E-state index >= 15 is 0 Å². The van der Waals surface area contributed by atoms with Gasteiger partial charge in [-0.05, 0) is 65.3 Å². The minimum atomic E-state index is -1.48. The van der Waals surface area contributed by atoms with Crippen LogP contribution in [0.2, 0.25) is 0 Å². The number of unbranched alkanes of at least 4 members (excludes halogenated alkanes) is 14. The van der Waals surface area contributed by atoms with Crippen LogP contribution in [0.5, 0.6) is 0 Å². The van der Waals surface area contributed by atoms with Gasteiger partial charge in [-0.2, -0.15) is 0 Å². The molecule has 4 atom stereocenters. The lowest BCUT2D eigenvalue weighted by Crippen LogP contribution is -2.45. The molecule has 0 unspecified atom stereocenters. The van der Waals surface area contributed by atoms with Crippen LogP contribution in [-0.2, 0) is 57.4 Å². The van der Waals surface area contributed by atoms with Crippen molar-refractivity contribution < 1.29 is 83.6 Å². The van der Waals surface area contributed by atoms with E-state index < -0.39 is 78.7 Å². The zero-order valence-electron chi connectivity index (χ0n) is 40.9. The van der Waals surface area contributed by atoms with Crippen LogP contribution in [0.4, 0.5) is 0 Å². The fourth-order valence-electron chi connectivity index (χ4n) is 7.13. The Labute approximate surface area is 412 Å². The van der Waals surface area contributed by atoms with E-state index in [9.17, 15) is 63.3 Å². The van der Waals surface area contributed by atoms with Crippen LogP contribution in [-0.4, -0.2) is 150 Å². The van der Waals surface area contributed by atoms with E-state index in [-0.39, 0.29) is 94.7 Å². The van der Waals surface area contributed by atoms with Crippen LogP contribution in [0.25, 0.3) is 0 Å². The van der Waals surface area contributed by atoms with Gasteiger partial charge < -0.3 is 61.8 Å². The number of likely N-dealkylation sites (N-methyl/N-ethyl adjacent to an activating group) is 1. The Morgan fingerprint density at radius 3 is 1.23 bits per heavy atom. The molecule has 0 fully saturated rings.